The van der Waals surface area contributed by atoms with Crippen LogP contribution in [-0.2, 0) is 25.9 Å². The lowest BCUT2D eigenvalue weighted by molar-refractivity contribution is 0.309. The molecular formula is C19H21N3. The maximum absolute atomic E-state index is 4.36. The van der Waals surface area contributed by atoms with E-state index in [0.717, 1.165) is 32.5 Å². The normalized spacial score (nSPS) is 15.1. The molecule has 22 heavy (non-hydrogen) atoms. The van der Waals surface area contributed by atoms with Crippen LogP contribution in [0.2, 0.25) is 0 Å². The number of pyridine rings is 1. The minimum absolute atomic E-state index is 1.03. The minimum Gasteiger partial charge on any atom is -0.343 e. The summed E-state index contributed by atoms with van der Waals surface area (Å²) >= 11 is 0. The summed E-state index contributed by atoms with van der Waals surface area (Å²) in [5.41, 5.74) is 5.70. The van der Waals surface area contributed by atoms with Gasteiger partial charge in [0.2, 0.25) is 0 Å². The van der Waals surface area contributed by atoms with Crippen molar-refractivity contribution in [2.24, 2.45) is 0 Å². The first-order valence-electron chi connectivity index (χ1n) is 7.99. The number of fused-ring (bicyclic) bond motifs is 3. The third kappa shape index (κ3) is 2.32. The monoisotopic (exact) mass is 291 g/mol. The molecule has 0 spiro atoms. The maximum Gasteiger partial charge on any atom is 0.0672 e. The molecule has 0 saturated carbocycles. The van der Waals surface area contributed by atoms with Crippen LogP contribution in [-0.4, -0.2) is 28.0 Å². The van der Waals surface area contributed by atoms with Crippen molar-refractivity contribution >= 4 is 10.9 Å². The smallest absolute Gasteiger partial charge is 0.0672 e. The van der Waals surface area contributed by atoms with Crippen molar-refractivity contribution in [3.8, 4) is 0 Å². The fourth-order valence-corrected chi connectivity index (χ4v) is 3.57. The molecule has 3 heterocycles. The Kier molecular flexibility index (Phi) is 3.43. The van der Waals surface area contributed by atoms with E-state index in [1.807, 2.05) is 12.4 Å². The lowest BCUT2D eigenvalue weighted by atomic mass is 10.1. The third-order valence-electron chi connectivity index (χ3n) is 4.72. The molecule has 4 rings (SSSR count). The van der Waals surface area contributed by atoms with Crippen LogP contribution in [0.1, 0.15) is 16.8 Å². The third-order valence-corrected chi connectivity index (χ3v) is 4.72. The highest BCUT2D eigenvalue weighted by atomic mass is 15.1. The predicted molar refractivity (Wildman–Crippen MR) is 89.9 cm³/mol. The Labute approximate surface area is 131 Å². The number of rotatable bonds is 3. The summed E-state index contributed by atoms with van der Waals surface area (Å²) < 4.78 is 2.50. The van der Waals surface area contributed by atoms with E-state index < -0.39 is 0 Å². The lowest BCUT2D eigenvalue weighted by Crippen LogP contribution is -2.27. The maximum atomic E-state index is 4.36. The molecule has 0 fully saturated rings. The molecule has 3 aromatic rings. The van der Waals surface area contributed by atoms with Crippen LogP contribution in [0.25, 0.3) is 10.9 Å². The van der Waals surface area contributed by atoms with E-state index in [9.17, 15) is 0 Å². The van der Waals surface area contributed by atoms with Gasteiger partial charge in [0, 0.05) is 43.3 Å². The first kappa shape index (κ1) is 13.5. The van der Waals surface area contributed by atoms with E-state index in [0.29, 0.717) is 0 Å². The number of hydrogen-bond acceptors (Lipinski definition) is 2. The molecule has 3 heteroatoms. The van der Waals surface area contributed by atoms with Gasteiger partial charge in [0.05, 0.1) is 11.7 Å². The van der Waals surface area contributed by atoms with E-state index in [1.165, 1.54) is 27.7 Å². The van der Waals surface area contributed by atoms with Crippen LogP contribution in [0, 0.1) is 0 Å². The summed E-state index contributed by atoms with van der Waals surface area (Å²) in [5, 5.41) is 1.38. The predicted octanol–water partition coefficient (Wildman–Crippen LogP) is 3.27. The van der Waals surface area contributed by atoms with E-state index in [1.54, 1.807) is 0 Å². The summed E-state index contributed by atoms with van der Waals surface area (Å²) in [7, 11) is 2.21. The molecule has 0 bridgehead atoms. The van der Waals surface area contributed by atoms with Gasteiger partial charge in [0.15, 0.2) is 0 Å². The number of nitrogens with zero attached hydrogens (tertiary/aromatic N) is 3. The molecule has 0 radical (unpaired) electrons. The highest BCUT2D eigenvalue weighted by Crippen LogP contribution is 2.30. The zero-order valence-corrected chi connectivity index (χ0v) is 13.0. The van der Waals surface area contributed by atoms with Crippen molar-refractivity contribution in [1.29, 1.82) is 0 Å². The Morgan fingerprint density at radius 3 is 2.86 bits per heavy atom. The summed E-state index contributed by atoms with van der Waals surface area (Å²) in [6.45, 7) is 3.22. The molecule has 1 aliphatic rings. The molecule has 0 saturated heterocycles. The molecule has 0 amide bonds. The quantitative estimate of drug-likeness (QED) is 0.738. The van der Waals surface area contributed by atoms with Crippen LogP contribution in [0.3, 0.4) is 0 Å². The van der Waals surface area contributed by atoms with E-state index in [4.69, 9.17) is 0 Å². The molecule has 0 unspecified atom stereocenters. The van der Waals surface area contributed by atoms with Gasteiger partial charge in [-0.3, -0.25) is 4.98 Å². The molecule has 1 aromatic carbocycles. The molecule has 112 valence electrons. The highest BCUT2D eigenvalue weighted by molar-refractivity contribution is 5.85. The summed E-state index contributed by atoms with van der Waals surface area (Å²) in [4.78, 5) is 6.76. The van der Waals surface area contributed by atoms with Gasteiger partial charge < -0.3 is 9.47 Å². The van der Waals surface area contributed by atoms with Crippen LogP contribution in [0.4, 0.5) is 0 Å². The van der Waals surface area contributed by atoms with Crippen molar-refractivity contribution in [1.82, 2.24) is 14.5 Å². The van der Waals surface area contributed by atoms with Crippen LogP contribution in [0.5, 0.6) is 0 Å². The van der Waals surface area contributed by atoms with Crippen LogP contribution < -0.4 is 0 Å². The Morgan fingerprint density at radius 1 is 1.14 bits per heavy atom. The van der Waals surface area contributed by atoms with E-state index in [-0.39, 0.29) is 0 Å². The Hall–Kier alpha value is -2.13. The zero-order valence-electron chi connectivity index (χ0n) is 13.0. The first-order chi connectivity index (χ1) is 10.8. The van der Waals surface area contributed by atoms with Gasteiger partial charge >= 0.3 is 0 Å². The summed E-state index contributed by atoms with van der Waals surface area (Å²) in [5.74, 6) is 0. The average Bonchev–Trinajstić information content (AvgIpc) is 2.87. The molecule has 3 nitrogen and oxygen atoms in total. The van der Waals surface area contributed by atoms with Gasteiger partial charge in [0.1, 0.15) is 0 Å². The number of hydrogen-bond donors (Lipinski definition) is 0. The van der Waals surface area contributed by atoms with Crippen molar-refractivity contribution < 1.29 is 0 Å². The number of likely N-dealkylation sites (N-methyl/N-ethyl adjacent to an activating group) is 1. The van der Waals surface area contributed by atoms with E-state index >= 15 is 0 Å². The molecular weight excluding hydrogens is 270 g/mol. The van der Waals surface area contributed by atoms with Crippen LogP contribution >= 0.6 is 0 Å². The molecule has 0 aliphatic carbocycles. The SMILES string of the molecule is CN1CCc2c(c3ccncc3n2CCc2ccccc2)C1. The molecule has 1 aliphatic heterocycles. The second-order valence-electron chi connectivity index (χ2n) is 6.19. The van der Waals surface area contributed by atoms with Crippen molar-refractivity contribution in [2.45, 2.75) is 25.9 Å². The molecule has 2 aromatic heterocycles. The van der Waals surface area contributed by atoms with Gasteiger partial charge in [-0.25, -0.2) is 0 Å². The molecule has 0 atom stereocenters. The van der Waals surface area contributed by atoms with Crippen LogP contribution in [0.15, 0.2) is 48.8 Å². The average molecular weight is 291 g/mol. The number of benzene rings is 1. The van der Waals surface area contributed by atoms with Gasteiger partial charge in [0.25, 0.3) is 0 Å². The summed E-state index contributed by atoms with van der Waals surface area (Å²) in [6.07, 6.45) is 6.15. The van der Waals surface area contributed by atoms with Gasteiger partial charge in [-0.15, -0.1) is 0 Å². The zero-order chi connectivity index (χ0) is 14.9. The molecule has 0 N–H and O–H groups in total. The van der Waals surface area contributed by atoms with Gasteiger partial charge in [-0.1, -0.05) is 30.3 Å². The first-order valence-corrected chi connectivity index (χ1v) is 7.99. The van der Waals surface area contributed by atoms with E-state index in [2.05, 4.69) is 57.9 Å². The lowest BCUT2D eigenvalue weighted by Gasteiger charge is -2.24. The van der Waals surface area contributed by atoms with Gasteiger partial charge in [-0.05, 0) is 30.7 Å². The number of aryl methyl sites for hydroxylation is 2. The Bertz CT molecular complexity index is 789. The topological polar surface area (TPSA) is 21.1 Å². The largest absolute Gasteiger partial charge is 0.343 e. The minimum atomic E-state index is 1.03. The van der Waals surface area contributed by atoms with Crippen molar-refractivity contribution in [3.63, 3.8) is 0 Å². The van der Waals surface area contributed by atoms with Crippen molar-refractivity contribution in [2.75, 3.05) is 13.6 Å². The summed E-state index contributed by atoms with van der Waals surface area (Å²) in [6, 6.07) is 12.9. The second-order valence-corrected chi connectivity index (χ2v) is 6.19. The standard InChI is InChI=1S/C19H21N3/c1-21-11-9-18-17(14-21)16-7-10-20-13-19(16)22(18)12-8-15-5-3-2-4-6-15/h2-7,10,13H,8-9,11-12,14H2,1H3. The number of aromatic nitrogens is 2. The van der Waals surface area contributed by atoms with Gasteiger partial charge in [-0.2, -0.15) is 0 Å². The van der Waals surface area contributed by atoms with Crippen molar-refractivity contribution in [3.05, 3.63) is 65.6 Å². The fraction of sp³-hybridized carbons (Fsp3) is 0.316. The Balaban J connectivity index is 1.74. The Morgan fingerprint density at radius 2 is 2.00 bits per heavy atom. The highest BCUT2D eigenvalue weighted by Gasteiger charge is 2.21. The second kappa shape index (κ2) is 5.58. The fourth-order valence-electron chi connectivity index (χ4n) is 3.57.